The van der Waals surface area contributed by atoms with E-state index in [0.717, 1.165) is 0 Å². The molecule has 0 aliphatic rings. The summed E-state index contributed by atoms with van der Waals surface area (Å²) in [4.78, 5) is 11.0. The first-order chi connectivity index (χ1) is 7.65. The van der Waals surface area contributed by atoms with E-state index in [1.165, 1.54) is 6.07 Å². The number of hydrogen-bond acceptors (Lipinski definition) is 4. The summed E-state index contributed by atoms with van der Waals surface area (Å²) in [5.74, 6) is -0.379. The lowest BCUT2D eigenvalue weighted by atomic mass is 10.1. The molecule has 0 radical (unpaired) electrons. The summed E-state index contributed by atoms with van der Waals surface area (Å²) in [6.45, 7) is 1.65. The smallest absolute Gasteiger partial charge is 0.254 e. The molecule has 0 saturated carbocycles. The first kappa shape index (κ1) is 11.7. The molecule has 1 aromatic carbocycles. The van der Waals surface area contributed by atoms with Crippen LogP contribution in [0.25, 0.3) is 0 Å². The largest absolute Gasteiger partial charge is 0.507 e. The van der Waals surface area contributed by atoms with Gasteiger partial charge in [0.1, 0.15) is 12.2 Å². The van der Waals surface area contributed by atoms with Gasteiger partial charge in [0.2, 0.25) is 0 Å². The fraction of sp³-hybridized carbons (Fsp3) is 0.182. The monoisotopic (exact) mass is 217 g/mol. The first-order valence-electron chi connectivity index (χ1n) is 4.63. The number of hydrogen-bond donors (Lipinski definition) is 2. The van der Waals surface area contributed by atoms with E-state index in [1.54, 1.807) is 31.2 Å². The number of amides is 1. The minimum atomic E-state index is -0.475. The van der Waals surface area contributed by atoms with E-state index in [0.29, 0.717) is 11.3 Å². The number of aromatic hydroxyl groups is 1. The van der Waals surface area contributed by atoms with Crippen LogP contribution in [0.5, 0.6) is 5.75 Å². The highest BCUT2D eigenvalue weighted by Gasteiger charge is 2.04. The number of nitriles is 1. The van der Waals surface area contributed by atoms with Crippen molar-refractivity contribution in [3.8, 4) is 11.8 Å². The standard InChI is InChI=1S/C11H11N3O2/c1-8(13-14-11(16)6-7-12)9-4-2-3-5-10(9)15/h2-5,15H,6H2,1H3,(H,14,16)/b13-8+. The van der Waals surface area contributed by atoms with Gasteiger partial charge in [-0.3, -0.25) is 4.79 Å². The summed E-state index contributed by atoms with van der Waals surface area (Å²) >= 11 is 0. The van der Waals surface area contributed by atoms with Crippen molar-refractivity contribution in [2.75, 3.05) is 0 Å². The maximum atomic E-state index is 11.0. The van der Waals surface area contributed by atoms with E-state index >= 15 is 0 Å². The first-order valence-corrected chi connectivity index (χ1v) is 4.63. The number of carbonyl (C=O) groups is 1. The van der Waals surface area contributed by atoms with Gasteiger partial charge in [0.15, 0.2) is 0 Å². The van der Waals surface area contributed by atoms with E-state index < -0.39 is 5.91 Å². The number of rotatable bonds is 3. The molecular formula is C11H11N3O2. The molecule has 0 atom stereocenters. The Morgan fingerprint density at radius 2 is 2.25 bits per heavy atom. The van der Waals surface area contributed by atoms with Gasteiger partial charge >= 0.3 is 0 Å². The van der Waals surface area contributed by atoms with Crippen molar-refractivity contribution in [1.29, 1.82) is 5.26 Å². The molecule has 1 aromatic rings. The lowest BCUT2D eigenvalue weighted by Gasteiger charge is -2.03. The van der Waals surface area contributed by atoms with Crippen LogP contribution in [0.1, 0.15) is 18.9 Å². The highest BCUT2D eigenvalue weighted by atomic mass is 16.3. The van der Waals surface area contributed by atoms with E-state index in [4.69, 9.17) is 5.26 Å². The molecule has 0 bridgehead atoms. The normalized spacial score (nSPS) is 10.6. The lowest BCUT2D eigenvalue weighted by molar-refractivity contribution is -0.120. The molecule has 82 valence electrons. The zero-order valence-corrected chi connectivity index (χ0v) is 8.77. The van der Waals surface area contributed by atoms with E-state index in [-0.39, 0.29) is 12.2 Å². The molecule has 0 heterocycles. The van der Waals surface area contributed by atoms with Gasteiger partial charge in [0.25, 0.3) is 5.91 Å². The number of phenolic OH excluding ortho intramolecular Hbond substituents is 1. The number of hydrazone groups is 1. The minimum Gasteiger partial charge on any atom is -0.507 e. The van der Waals surface area contributed by atoms with Gasteiger partial charge in [0, 0.05) is 5.56 Å². The molecule has 5 heteroatoms. The van der Waals surface area contributed by atoms with Crippen molar-refractivity contribution < 1.29 is 9.90 Å². The lowest BCUT2D eigenvalue weighted by Crippen LogP contribution is -2.18. The van der Waals surface area contributed by atoms with Gasteiger partial charge in [-0.15, -0.1) is 0 Å². The molecule has 0 spiro atoms. The second-order valence-electron chi connectivity index (χ2n) is 3.08. The minimum absolute atomic E-state index is 0.0956. The van der Waals surface area contributed by atoms with Crippen LogP contribution in [0, 0.1) is 11.3 Å². The van der Waals surface area contributed by atoms with Gasteiger partial charge in [-0.25, -0.2) is 5.43 Å². The van der Waals surface area contributed by atoms with Gasteiger partial charge < -0.3 is 5.11 Å². The Kier molecular flexibility index (Phi) is 4.04. The molecule has 1 amide bonds. The maximum Gasteiger partial charge on any atom is 0.254 e. The fourth-order valence-corrected chi connectivity index (χ4v) is 1.10. The average molecular weight is 217 g/mol. The molecule has 0 saturated heterocycles. The summed E-state index contributed by atoms with van der Waals surface area (Å²) in [5.41, 5.74) is 3.24. The quantitative estimate of drug-likeness (QED) is 0.588. The Labute approximate surface area is 93.0 Å². The third kappa shape index (κ3) is 3.10. The maximum absolute atomic E-state index is 11.0. The van der Waals surface area contributed by atoms with Crippen LogP contribution in [0.2, 0.25) is 0 Å². The van der Waals surface area contributed by atoms with Crippen molar-refractivity contribution in [3.05, 3.63) is 29.8 Å². The zero-order valence-electron chi connectivity index (χ0n) is 8.77. The van der Waals surface area contributed by atoms with Crippen LogP contribution in [0.4, 0.5) is 0 Å². The second-order valence-corrected chi connectivity index (χ2v) is 3.08. The number of phenols is 1. The number of benzene rings is 1. The summed E-state index contributed by atoms with van der Waals surface area (Å²) in [6, 6.07) is 8.38. The number of nitrogens with zero attached hydrogens (tertiary/aromatic N) is 2. The van der Waals surface area contributed by atoms with Crippen LogP contribution in [-0.4, -0.2) is 16.7 Å². The molecule has 1 rings (SSSR count). The summed E-state index contributed by atoms with van der Waals surface area (Å²) in [6.07, 6.45) is -0.239. The Bertz CT molecular complexity index is 461. The molecule has 0 fully saturated rings. The predicted octanol–water partition coefficient (Wildman–Crippen LogP) is 1.15. The Hall–Kier alpha value is -2.35. The number of para-hydroxylation sites is 1. The van der Waals surface area contributed by atoms with Gasteiger partial charge in [0.05, 0.1) is 11.8 Å². The third-order valence-electron chi connectivity index (χ3n) is 1.88. The Balaban J connectivity index is 2.75. The summed E-state index contributed by atoms with van der Waals surface area (Å²) < 4.78 is 0. The van der Waals surface area contributed by atoms with Crippen LogP contribution in [-0.2, 0) is 4.79 Å². The summed E-state index contributed by atoms with van der Waals surface area (Å²) in [7, 11) is 0. The molecule has 0 aromatic heterocycles. The molecule has 0 aliphatic carbocycles. The van der Waals surface area contributed by atoms with E-state index in [1.807, 2.05) is 0 Å². The fourth-order valence-electron chi connectivity index (χ4n) is 1.10. The topological polar surface area (TPSA) is 85.5 Å². The van der Waals surface area contributed by atoms with Crippen molar-refractivity contribution in [2.45, 2.75) is 13.3 Å². The van der Waals surface area contributed by atoms with Crippen LogP contribution in [0.15, 0.2) is 29.4 Å². The molecule has 16 heavy (non-hydrogen) atoms. The van der Waals surface area contributed by atoms with Crippen molar-refractivity contribution in [3.63, 3.8) is 0 Å². The number of carbonyl (C=O) groups excluding carboxylic acids is 1. The molecule has 2 N–H and O–H groups in total. The molecule has 5 nitrogen and oxygen atoms in total. The van der Waals surface area contributed by atoms with Gasteiger partial charge in [-0.2, -0.15) is 10.4 Å². The second kappa shape index (κ2) is 5.51. The van der Waals surface area contributed by atoms with Crippen LogP contribution in [0.3, 0.4) is 0 Å². The highest BCUT2D eigenvalue weighted by molar-refractivity contribution is 6.01. The Morgan fingerprint density at radius 3 is 2.88 bits per heavy atom. The number of nitrogens with one attached hydrogen (secondary N) is 1. The van der Waals surface area contributed by atoms with E-state index in [2.05, 4.69) is 10.5 Å². The molecule has 0 unspecified atom stereocenters. The zero-order chi connectivity index (χ0) is 12.0. The van der Waals surface area contributed by atoms with Crippen molar-refractivity contribution >= 4 is 11.6 Å². The highest BCUT2D eigenvalue weighted by Crippen LogP contribution is 2.15. The molecule has 0 aliphatic heterocycles. The summed E-state index contributed by atoms with van der Waals surface area (Å²) in [5, 5.41) is 21.5. The Morgan fingerprint density at radius 1 is 1.56 bits per heavy atom. The van der Waals surface area contributed by atoms with Gasteiger partial charge in [-0.1, -0.05) is 12.1 Å². The average Bonchev–Trinajstić information content (AvgIpc) is 2.27. The van der Waals surface area contributed by atoms with E-state index in [9.17, 15) is 9.90 Å². The third-order valence-corrected chi connectivity index (χ3v) is 1.88. The molecular weight excluding hydrogens is 206 g/mol. The SMILES string of the molecule is C/C(=N\NC(=O)CC#N)c1ccccc1O. The van der Waals surface area contributed by atoms with Crippen molar-refractivity contribution in [1.82, 2.24) is 5.43 Å². The van der Waals surface area contributed by atoms with Crippen LogP contribution < -0.4 is 5.43 Å². The van der Waals surface area contributed by atoms with Gasteiger partial charge in [-0.05, 0) is 19.1 Å². The van der Waals surface area contributed by atoms with Crippen molar-refractivity contribution in [2.24, 2.45) is 5.10 Å². The van der Waals surface area contributed by atoms with Crippen LogP contribution >= 0.6 is 0 Å². The predicted molar refractivity (Wildman–Crippen MR) is 58.7 cm³/mol.